The minimum absolute atomic E-state index is 0.140. The van der Waals surface area contributed by atoms with E-state index in [1.165, 1.54) is 11.1 Å². The van der Waals surface area contributed by atoms with Crippen LogP contribution in [-0.4, -0.2) is 35.0 Å². The summed E-state index contributed by atoms with van der Waals surface area (Å²) in [6.07, 6.45) is 2.83. The van der Waals surface area contributed by atoms with E-state index < -0.39 is 0 Å². The van der Waals surface area contributed by atoms with Gasteiger partial charge >= 0.3 is 0 Å². The summed E-state index contributed by atoms with van der Waals surface area (Å²) >= 11 is 12.6. The van der Waals surface area contributed by atoms with Crippen LogP contribution in [0.1, 0.15) is 47.2 Å². The summed E-state index contributed by atoms with van der Waals surface area (Å²) in [7, 11) is 1.64. The zero-order valence-electron chi connectivity index (χ0n) is 22.6. The first kappa shape index (κ1) is 27.2. The van der Waals surface area contributed by atoms with Crippen LogP contribution in [0.3, 0.4) is 0 Å². The highest BCUT2D eigenvalue weighted by Crippen LogP contribution is 2.45. The van der Waals surface area contributed by atoms with Crippen molar-refractivity contribution in [2.24, 2.45) is 0 Å². The Kier molecular flexibility index (Phi) is 8.21. The van der Waals surface area contributed by atoms with Crippen molar-refractivity contribution in [3.05, 3.63) is 106 Å². The Morgan fingerprint density at radius 3 is 2.44 bits per heavy atom. The molecule has 0 unspecified atom stereocenters. The summed E-state index contributed by atoms with van der Waals surface area (Å²) < 4.78 is 13.2. The van der Waals surface area contributed by atoms with Crippen molar-refractivity contribution < 1.29 is 9.47 Å². The van der Waals surface area contributed by atoms with Crippen molar-refractivity contribution >= 4 is 34.6 Å². The Hall–Kier alpha value is -3.39. The van der Waals surface area contributed by atoms with Gasteiger partial charge in [0.1, 0.15) is 12.4 Å². The summed E-state index contributed by atoms with van der Waals surface area (Å²) in [5.41, 5.74) is 7.76. The Balaban J connectivity index is 1.59. The Bertz CT molecular complexity index is 1460. The number of aromatic nitrogens is 2. The second kappa shape index (κ2) is 11.8. The SMILES string of the molecule is CCc1ccc(-n2c(C)cc([C@@H]3[C@H](c4ccccn4)NC(=S)N3c3ccc(OCCOC)c(Cl)c3)c2C)cc1. The predicted molar refractivity (Wildman–Crippen MR) is 161 cm³/mol. The van der Waals surface area contributed by atoms with Crippen molar-refractivity contribution in [1.82, 2.24) is 14.9 Å². The maximum atomic E-state index is 6.67. The number of benzene rings is 2. The van der Waals surface area contributed by atoms with Crippen LogP contribution in [0.2, 0.25) is 5.02 Å². The van der Waals surface area contributed by atoms with Gasteiger partial charge in [-0.2, -0.15) is 0 Å². The van der Waals surface area contributed by atoms with Gasteiger partial charge in [-0.15, -0.1) is 0 Å². The zero-order valence-corrected chi connectivity index (χ0v) is 24.2. The quantitative estimate of drug-likeness (QED) is 0.177. The molecule has 0 radical (unpaired) electrons. The molecule has 5 rings (SSSR count). The normalized spacial score (nSPS) is 16.9. The van der Waals surface area contributed by atoms with E-state index in [0.717, 1.165) is 34.9 Å². The minimum Gasteiger partial charge on any atom is -0.490 e. The molecule has 0 spiro atoms. The van der Waals surface area contributed by atoms with E-state index in [1.807, 2.05) is 42.6 Å². The Morgan fingerprint density at radius 2 is 1.77 bits per heavy atom. The van der Waals surface area contributed by atoms with Gasteiger partial charge in [-0.25, -0.2) is 0 Å². The van der Waals surface area contributed by atoms with Gasteiger partial charge in [0.05, 0.1) is 29.4 Å². The molecule has 1 saturated heterocycles. The minimum atomic E-state index is -0.147. The number of nitrogens with one attached hydrogen (secondary N) is 1. The van der Waals surface area contributed by atoms with Crippen LogP contribution < -0.4 is 15.0 Å². The lowest BCUT2D eigenvalue weighted by molar-refractivity contribution is 0.146. The van der Waals surface area contributed by atoms with Crippen LogP contribution in [-0.2, 0) is 11.2 Å². The molecule has 39 heavy (non-hydrogen) atoms. The van der Waals surface area contributed by atoms with Crippen molar-refractivity contribution in [2.75, 3.05) is 25.2 Å². The average Bonchev–Trinajstić information content (AvgIpc) is 3.45. The third-order valence-electron chi connectivity index (χ3n) is 7.23. The van der Waals surface area contributed by atoms with E-state index in [9.17, 15) is 0 Å². The van der Waals surface area contributed by atoms with E-state index in [1.54, 1.807) is 7.11 Å². The summed E-state index contributed by atoms with van der Waals surface area (Å²) in [5.74, 6) is 0.613. The molecule has 0 bridgehead atoms. The molecule has 1 fully saturated rings. The number of hydrogen-bond donors (Lipinski definition) is 1. The fourth-order valence-corrected chi connectivity index (χ4v) is 5.88. The molecule has 1 aliphatic heterocycles. The van der Waals surface area contributed by atoms with E-state index in [0.29, 0.717) is 29.1 Å². The van der Waals surface area contributed by atoms with E-state index in [-0.39, 0.29) is 12.1 Å². The molecule has 2 aromatic carbocycles. The van der Waals surface area contributed by atoms with Crippen molar-refractivity contribution in [3.8, 4) is 11.4 Å². The fraction of sp³-hybridized carbons (Fsp3) is 0.290. The van der Waals surface area contributed by atoms with Gasteiger partial charge in [-0.05, 0) is 92.1 Å². The summed E-state index contributed by atoms with van der Waals surface area (Å²) in [4.78, 5) is 6.84. The number of anilines is 1. The maximum Gasteiger partial charge on any atom is 0.174 e. The van der Waals surface area contributed by atoms with Gasteiger partial charge in [-0.3, -0.25) is 4.98 Å². The van der Waals surface area contributed by atoms with Gasteiger partial charge < -0.3 is 24.3 Å². The van der Waals surface area contributed by atoms with E-state index in [4.69, 9.17) is 38.3 Å². The monoisotopic (exact) mass is 560 g/mol. The number of pyridine rings is 1. The van der Waals surface area contributed by atoms with Gasteiger partial charge in [0.15, 0.2) is 5.11 Å². The summed E-state index contributed by atoms with van der Waals surface area (Å²) in [5, 5.41) is 4.69. The molecule has 4 aromatic rings. The highest BCUT2D eigenvalue weighted by Gasteiger charge is 2.42. The molecule has 6 nitrogen and oxygen atoms in total. The number of rotatable bonds is 9. The maximum absolute atomic E-state index is 6.67. The molecule has 0 saturated carbocycles. The topological polar surface area (TPSA) is 51.6 Å². The molecule has 0 amide bonds. The number of hydrogen-bond acceptors (Lipinski definition) is 4. The fourth-order valence-electron chi connectivity index (χ4n) is 5.31. The van der Waals surface area contributed by atoms with E-state index in [2.05, 4.69) is 65.9 Å². The molecule has 1 aliphatic rings. The summed E-state index contributed by atoms with van der Waals surface area (Å²) in [6.45, 7) is 7.41. The average molecular weight is 561 g/mol. The third-order valence-corrected chi connectivity index (χ3v) is 7.84. The first-order valence-electron chi connectivity index (χ1n) is 13.1. The lowest BCUT2D eigenvalue weighted by Crippen LogP contribution is -2.29. The molecule has 202 valence electrons. The number of halogens is 1. The van der Waals surface area contributed by atoms with Gasteiger partial charge in [0.2, 0.25) is 0 Å². The van der Waals surface area contributed by atoms with Gasteiger partial charge in [-0.1, -0.05) is 36.7 Å². The second-order valence-electron chi connectivity index (χ2n) is 9.63. The highest BCUT2D eigenvalue weighted by molar-refractivity contribution is 7.80. The van der Waals surface area contributed by atoms with Crippen molar-refractivity contribution in [2.45, 2.75) is 39.3 Å². The number of thiocarbonyl (C=S) groups is 1. The second-order valence-corrected chi connectivity index (χ2v) is 10.4. The zero-order chi connectivity index (χ0) is 27.5. The molecular weight excluding hydrogens is 528 g/mol. The lowest BCUT2D eigenvalue weighted by atomic mass is 9.96. The number of nitrogens with zero attached hydrogens (tertiary/aromatic N) is 3. The number of methoxy groups -OCH3 is 1. The smallest absolute Gasteiger partial charge is 0.174 e. The molecule has 3 heterocycles. The van der Waals surface area contributed by atoms with Crippen LogP contribution in [0.25, 0.3) is 5.69 Å². The number of ether oxygens (including phenoxy) is 2. The molecule has 2 atom stereocenters. The molecule has 8 heteroatoms. The number of aryl methyl sites for hydroxylation is 2. The summed E-state index contributed by atoms with van der Waals surface area (Å²) in [6, 6.07) is 22.5. The van der Waals surface area contributed by atoms with Crippen molar-refractivity contribution in [1.29, 1.82) is 0 Å². The first-order valence-corrected chi connectivity index (χ1v) is 13.9. The molecule has 0 aliphatic carbocycles. The van der Waals surface area contributed by atoms with Crippen LogP contribution >= 0.6 is 23.8 Å². The largest absolute Gasteiger partial charge is 0.490 e. The standard InChI is InChI=1S/C31H33ClN4O2S/c1-5-22-9-11-23(12-10-22)35-20(2)18-25(21(35)3)30-29(27-8-6-7-15-33-27)34-31(39)36(30)24-13-14-28(26(32)19-24)38-17-16-37-4/h6-15,18-19,29-30H,5,16-17H2,1-4H3,(H,34,39)/t29-,30+/m0/s1. The van der Waals surface area contributed by atoms with Crippen LogP contribution in [0.4, 0.5) is 5.69 Å². The first-order chi connectivity index (χ1) is 18.9. The van der Waals surface area contributed by atoms with Crippen LogP contribution in [0.15, 0.2) is 72.9 Å². The molecule has 2 aromatic heterocycles. The molecule has 1 N–H and O–H groups in total. The molecular formula is C31H33ClN4O2S. The van der Waals surface area contributed by atoms with Gasteiger partial charge in [0, 0.05) is 36.1 Å². The Morgan fingerprint density at radius 1 is 1.00 bits per heavy atom. The van der Waals surface area contributed by atoms with E-state index >= 15 is 0 Å². The highest BCUT2D eigenvalue weighted by atomic mass is 35.5. The van der Waals surface area contributed by atoms with Crippen LogP contribution in [0.5, 0.6) is 5.75 Å². The van der Waals surface area contributed by atoms with Crippen LogP contribution in [0, 0.1) is 13.8 Å². The predicted octanol–water partition coefficient (Wildman–Crippen LogP) is 6.91. The van der Waals surface area contributed by atoms with Gasteiger partial charge in [0.25, 0.3) is 0 Å². The third kappa shape index (κ3) is 5.39. The Labute approximate surface area is 240 Å². The lowest BCUT2D eigenvalue weighted by Gasteiger charge is -2.28. The van der Waals surface area contributed by atoms with Crippen molar-refractivity contribution in [3.63, 3.8) is 0 Å².